The van der Waals surface area contributed by atoms with Gasteiger partial charge in [-0.05, 0) is 30.0 Å². The number of carbonyl (C=O) groups is 1. The Labute approximate surface area is 112 Å². The molecular formula is C17H14O2. The molecule has 1 aliphatic carbocycles. The van der Waals surface area contributed by atoms with Gasteiger partial charge in [0.1, 0.15) is 12.4 Å². The number of hydrogen-bond acceptors (Lipinski definition) is 2. The van der Waals surface area contributed by atoms with Crippen molar-refractivity contribution in [3.8, 4) is 16.9 Å². The molecular weight excluding hydrogens is 236 g/mol. The highest BCUT2D eigenvalue weighted by molar-refractivity contribution is 6.00. The van der Waals surface area contributed by atoms with Gasteiger partial charge >= 0.3 is 0 Å². The fraction of sp³-hybridized carbons (Fsp3) is 0.235. The van der Waals surface area contributed by atoms with Crippen molar-refractivity contribution in [2.75, 3.05) is 0 Å². The van der Waals surface area contributed by atoms with E-state index in [4.69, 9.17) is 4.74 Å². The van der Waals surface area contributed by atoms with Crippen LogP contribution < -0.4 is 4.74 Å². The molecule has 2 heteroatoms. The van der Waals surface area contributed by atoms with Crippen LogP contribution in [0, 0.1) is 0 Å². The van der Waals surface area contributed by atoms with Gasteiger partial charge in [-0.1, -0.05) is 30.3 Å². The third-order valence-corrected chi connectivity index (χ3v) is 4.07. The topological polar surface area (TPSA) is 26.3 Å². The maximum Gasteiger partial charge on any atom is 0.163 e. The molecule has 0 amide bonds. The van der Waals surface area contributed by atoms with Crippen LogP contribution in [0.4, 0.5) is 0 Å². The van der Waals surface area contributed by atoms with Crippen LogP contribution in [0.5, 0.6) is 5.75 Å². The van der Waals surface area contributed by atoms with E-state index in [9.17, 15) is 4.79 Å². The second-order valence-corrected chi connectivity index (χ2v) is 5.19. The third kappa shape index (κ3) is 1.53. The first kappa shape index (κ1) is 10.8. The lowest BCUT2D eigenvalue weighted by Gasteiger charge is -2.26. The first-order valence-electron chi connectivity index (χ1n) is 6.75. The van der Waals surface area contributed by atoms with Gasteiger partial charge in [-0.15, -0.1) is 0 Å². The molecule has 19 heavy (non-hydrogen) atoms. The molecule has 0 N–H and O–H groups in total. The van der Waals surface area contributed by atoms with E-state index in [1.54, 1.807) is 0 Å². The highest BCUT2D eigenvalue weighted by atomic mass is 16.5. The summed E-state index contributed by atoms with van der Waals surface area (Å²) in [6.45, 7) is 0.605. The van der Waals surface area contributed by atoms with E-state index >= 15 is 0 Å². The van der Waals surface area contributed by atoms with E-state index in [0.717, 1.165) is 35.3 Å². The number of ketones is 1. The Hall–Kier alpha value is -2.09. The molecule has 0 radical (unpaired) electrons. The predicted octanol–water partition coefficient (Wildman–Crippen LogP) is 3.77. The Balaban J connectivity index is 1.98. The quantitative estimate of drug-likeness (QED) is 0.711. The van der Waals surface area contributed by atoms with Gasteiger partial charge in [0.25, 0.3) is 0 Å². The molecule has 4 rings (SSSR count). The summed E-state index contributed by atoms with van der Waals surface area (Å²) in [6, 6.07) is 12.3. The maximum atomic E-state index is 12.0. The molecule has 0 bridgehead atoms. The maximum absolute atomic E-state index is 12.0. The number of carbonyl (C=O) groups excluding carboxylic acids is 1. The van der Waals surface area contributed by atoms with E-state index < -0.39 is 0 Å². The van der Waals surface area contributed by atoms with Crippen LogP contribution in [-0.4, -0.2) is 5.78 Å². The first-order chi connectivity index (χ1) is 9.34. The molecule has 0 spiro atoms. The standard InChI is InChI=1S/C17H14O2/c18-16-7-3-6-14-13(16)8-9-15-12-5-2-1-4-11(12)10-19-17(14)15/h1-2,4-5,8-9H,3,6-7,10H2. The van der Waals surface area contributed by atoms with Gasteiger partial charge in [0, 0.05) is 23.1 Å². The van der Waals surface area contributed by atoms with Crippen LogP contribution in [-0.2, 0) is 13.0 Å². The minimum atomic E-state index is 0.256. The zero-order valence-corrected chi connectivity index (χ0v) is 10.6. The Morgan fingerprint density at radius 2 is 1.74 bits per heavy atom. The summed E-state index contributed by atoms with van der Waals surface area (Å²) in [5.41, 5.74) is 5.57. The Morgan fingerprint density at radius 1 is 0.895 bits per heavy atom. The van der Waals surface area contributed by atoms with Crippen LogP contribution in [0.3, 0.4) is 0 Å². The molecule has 2 aromatic rings. The Morgan fingerprint density at radius 3 is 2.68 bits per heavy atom. The van der Waals surface area contributed by atoms with E-state index in [2.05, 4.69) is 18.2 Å². The average molecular weight is 250 g/mol. The van der Waals surface area contributed by atoms with E-state index in [0.29, 0.717) is 13.0 Å². The van der Waals surface area contributed by atoms with Gasteiger partial charge in [-0.25, -0.2) is 0 Å². The summed E-state index contributed by atoms with van der Waals surface area (Å²) >= 11 is 0. The number of rotatable bonds is 0. The summed E-state index contributed by atoms with van der Waals surface area (Å²) in [5, 5.41) is 0. The van der Waals surface area contributed by atoms with Crippen LogP contribution >= 0.6 is 0 Å². The molecule has 2 aromatic carbocycles. The van der Waals surface area contributed by atoms with Crippen molar-refractivity contribution in [1.82, 2.24) is 0 Å². The van der Waals surface area contributed by atoms with Crippen molar-refractivity contribution in [3.05, 3.63) is 53.1 Å². The second kappa shape index (κ2) is 3.95. The molecule has 0 atom stereocenters. The molecule has 0 saturated carbocycles. The predicted molar refractivity (Wildman–Crippen MR) is 73.5 cm³/mol. The normalized spacial score (nSPS) is 16.1. The highest BCUT2D eigenvalue weighted by Gasteiger charge is 2.26. The number of benzene rings is 2. The SMILES string of the molecule is O=C1CCCc2c1ccc1c2OCc2ccccc2-1. The highest BCUT2D eigenvalue weighted by Crippen LogP contribution is 2.42. The third-order valence-electron chi connectivity index (χ3n) is 4.07. The van der Waals surface area contributed by atoms with E-state index in [1.165, 1.54) is 11.1 Å². The fourth-order valence-electron chi connectivity index (χ4n) is 3.13. The van der Waals surface area contributed by atoms with E-state index in [-0.39, 0.29) is 5.78 Å². The van der Waals surface area contributed by atoms with Gasteiger partial charge < -0.3 is 4.74 Å². The van der Waals surface area contributed by atoms with Crippen molar-refractivity contribution in [1.29, 1.82) is 0 Å². The molecule has 2 nitrogen and oxygen atoms in total. The lowest BCUT2D eigenvalue weighted by molar-refractivity contribution is 0.0971. The minimum absolute atomic E-state index is 0.256. The lowest BCUT2D eigenvalue weighted by Crippen LogP contribution is -2.15. The van der Waals surface area contributed by atoms with Crippen molar-refractivity contribution >= 4 is 5.78 Å². The fourth-order valence-corrected chi connectivity index (χ4v) is 3.13. The van der Waals surface area contributed by atoms with Crippen LogP contribution in [0.1, 0.15) is 34.3 Å². The largest absolute Gasteiger partial charge is 0.488 e. The van der Waals surface area contributed by atoms with Gasteiger partial charge in [0.15, 0.2) is 5.78 Å². The average Bonchev–Trinajstić information content (AvgIpc) is 2.47. The van der Waals surface area contributed by atoms with Gasteiger partial charge in [-0.2, -0.15) is 0 Å². The van der Waals surface area contributed by atoms with Crippen LogP contribution in [0.15, 0.2) is 36.4 Å². The van der Waals surface area contributed by atoms with Gasteiger partial charge in [0.2, 0.25) is 0 Å². The molecule has 94 valence electrons. The summed E-state index contributed by atoms with van der Waals surface area (Å²) in [7, 11) is 0. The zero-order valence-electron chi connectivity index (χ0n) is 10.6. The summed E-state index contributed by atoms with van der Waals surface area (Å²) in [4.78, 5) is 12.0. The van der Waals surface area contributed by atoms with Gasteiger partial charge in [-0.3, -0.25) is 4.79 Å². The minimum Gasteiger partial charge on any atom is -0.488 e. The summed E-state index contributed by atoms with van der Waals surface area (Å²) < 4.78 is 5.94. The second-order valence-electron chi connectivity index (χ2n) is 5.19. The number of fused-ring (bicyclic) bond motifs is 5. The molecule has 0 saturated heterocycles. The molecule has 0 unspecified atom stereocenters. The molecule has 0 fully saturated rings. The Bertz CT molecular complexity index is 686. The van der Waals surface area contributed by atoms with Crippen molar-refractivity contribution < 1.29 is 9.53 Å². The van der Waals surface area contributed by atoms with Crippen molar-refractivity contribution in [3.63, 3.8) is 0 Å². The monoisotopic (exact) mass is 250 g/mol. The van der Waals surface area contributed by atoms with Crippen molar-refractivity contribution in [2.24, 2.45) is 0 Å². The zero-order chi connectivity index (χ0) is 12.8. The number of ether oxygens (including phenoxy) is 1. The first-order valence-corrected chi connectivity index (χ1v) is 6.75. The smallest absolute Gasteiger partial charge is 0.163 e. The molecule has 1 aliphatic heterocycles. The summed E-state index contributed by atoms with van der Waals surface area (Å²) in [6.07, 6.45) is 2.56. The van der Waals surface area contributed by atoms with Gasteiger partial charge in [0.05, 0.1) is 0 Å². The molecule has 2 aliphatic rings. The molecule has 0 aromatic heterocycles. The van der Waals surface area contributed by atoms with Crippen molar-refractivity contribution in [2.45, 2.75) is 25.9 Å². The lowest BCUT2D eigenvalue weighted by atomic mass is 9.85. The number of Topliss-reactive ketones (excluding diaryl/α,β-unsaturated/α-hetero) is 1. The van der Waals surface area contributed by atoms with Crippen LogP contribution in [0.25, 0.3) is 11.1 Å². The Kier molecular flexibility index (Phi) is 2.25. The van der Waals surface area contributed by atoms with Crippen LogP contribution in [0.2, 0.25) is 0 Å². The number of hydrogen-bond donors (Lipinski definition) is 0. The van der Waals surface area contributed by atoms with E-state index in [1.807, 2.05) is 18.2 Å². The summed E-state index contributed by atoms with van der Waals surface area (Å²) in [5.74, 6) is 1.19. The molecule has 1 heterocycles.